The summed E-state index contributed by atoms with van der Waals surface area (Å²) in [5.74, 6) is 0.944. The largest absolute Gasteiger partial charge is 0.497 e. The van der Waals surface area contributed by atoms with E-state index in [4.69, 9.17) is 13.9 Å². The molecule has 4 aromatic rings. The SMILES string of the molecule is COc1ccc2oc(=O)c(-c3ccc(OCC(=O)NCc4ccccn4)cc3)cc2c1. The number of fused-ring (bicyclic) bond motifs is 1. The van der Waals surface area contributed by atoms with E-state index in [9.17, 15) is 9.59 Å². The monoisotopic (exact) mass is 416 g/mol. The quantitative estimate of drug-likeness (QED) is 0.463. The fourth-order valence-electron chi connectivity index (χ4n) is 3.05. The van der Waals surface area contributed by atoms with Gasteiger partial charge in [0, 0.05) is 11.6 Å². The van der Waals surface area contributed by atoms with Crippen LogP contribution in [0.5, 0.6) is 11.5 Å². The highest BCUT2D eigenvalue weighted by atomic mass is 16.5. The molecular formula is C24H20N2O5. The van der Waals surface area contributed by atoms with Gasteiger partial charge in [-0.15, -0.1) is 0 Å². The molecule has 2 aromatic carbocycles. The van der Waals surface area contributed by atoms with Crippen LogP contribution >= 0.6 is 0 Å². The highest BCUT2D eigenvalue weighted by Gasteiger charge is 2.10. The molecule has 0 atom stereocenters. The van der Waals surface area contributed by atoms with Gasteiger partial charge in [-0.2, -0.15) is 0 Å². The first-order valence-electron chi connectivity index (χ1n) is 9.64. The Labute approximate surface area is 178 Å². The lowest BCUT2D eigenvalue weighted by atomic mass is 10.1. The molecule has 0 aliphatic carbocycles. The van der Waals surface area contributed by atoms with Crippen molar-refractivity contribution in [1.29, 1.82) is 0 Å². The number of aromatic nitrogens is 1. The Morgan fingerprint density at radius 2 is 1.84 bits per heavy atom. The van der Waals surface area contributed by atoms with Gasteiger partial charge in [0.25, 0.3) is 5.91 Å². The number of nitrogens with one attached hydrogen (secondary N) is 1. The highest BCUT2D eigenvalue weighted by Crippen LogP contribution is 2.25. The molecule has 156 valence electrons. The summed E-state index contributed by atoms with van der Waals surface area (Å²) in [6.07, 6.45) is 1.67. The van der Waals surface area contributed by atoms with E-state index in [0.29, 0.717) is 34.8 Å². The predicted octanol–water partition coefficient (Wildman–Crippen LogP) is 3.56. The molecule has 2 aromatic heterocycles. The zero-order chi connectivity index (χ0) is 21.6. The molecule has 31 heavy (non-hydrogen) atoms. The van der Waals surface area contributed by atoms with Crippen LogP contribution in [0.1, 0.15) is 5.69 Å². The van der Waals surface area contributed by atoms with E-state index in [0.717, 1.165) is 11.1 Å². The molecule has 4 rings (SSSR count). The van der Waals surface area contributed by atoms with E-state index in [1.165, 1.54) is 0 Å². The van der Waals surface area contributed by atoms with Crippen LogP contribution in [0.15, 0.2) is 82.1 Å². The lowest BCUT2D eigenvalue weighted by Gasteiger charge is -2.08. The molecule has 0 bridgehead atoms. The first kappa shape index (κ1) is 20.2. The van der Waals surface area contributed by atoms with Gasteiger partial charge in [-0.3, -0.25) is 9.78 Å². The van der Waals surface area contributed by atoms with Gasteiger partial charge in [0.15, 0.2) is 6.61 Å². The lowest BCUT2D eigenvalue weighted by molar-refractivity contribution is -0.123. The van der Waals surface area contributed by atoms with Crippen molar-refractivity contribution in [3.8, 4) is 22.6 Å². The summed E-state index contributed by atoms with van der Waals surface area (Å²) < 4.78 is 16.2. The predicted molar refractivity (Wildman–Crippen MR) is 116 cm³/mol. The topological polar surface area (TPSA) is 90.7 Å². The third kappa shape index (κ3) is 4.90. The van der Waals surface area contributed by atoms with Gasteiger partial charge in [0.1, 0.15) is 17.1 Å². The summed E-state index contributed by atoms with van der Waals surface area (Å²) in [4.78, 5) is 28.5. The van der Waals surface area contributed by atoms with Gasteiger partial charge in [0.2, 0.25) is 0 Å². The van der Waals surface area contributed by atoms with E-state index in [1.54, 1.807) is 55.8 Å². The Bertz CT molecular complexity index is 1250. The lowest BCUT2D eigenvalue weighted by Crippen LogP contribution is -2.28. The Kier molecular flexibility index (Phi) is 5.93. The van der Waals surface area contributed by atoms with Crippen molar-refractivity contribution in [2.24, 2.45) is 0 Å². The van der Waals surface area contributed by atoms with Crippen molar-refractivity contribution in [2.45, 2.75) is 6.54 Å². The first-order chi connectivity index (χ1) is 15.1. The van der Waals surface area contributed by atoms with Crippen molar-refractivity contribution in [2.75, 3.05) is 13.7 Å². The smallest absolute Gasteiger partial charge is 0.344 e. The van der Waals surface area contributed by atoms with Crippen LogP contribution in [0.3, 0.4) is 0 Å². The van der Waals surface area contributed by atoms with E-state index in [1.807, 2.05) is 24.3 Å². The van der Waals surface area contributed by atoms with Crippen LogP contribution in [0.2, 0.25) is 0 Å². The number of hydrogen-bond donors (Lipinski definition) is 1. The molecule has 0 saturated carbocycles. The van der Waals surface area contributed by atoms with Crippen molar-refractivity contribution < 1.29 is 18.7 Å². The van der Waals surface area contributed by atoms with Crippen LogP contribution in [-0.2, 0) is 11.3 Å². The third-order valence-electron chi connectivity index (χ3n) is 4.67. The average Bonchev–Trinajstić information content (AvgIpc) is 2.81. The zero-order valence-electron chi connectivity index (χ0n) is 16.8. The Morgan fingerprint density at radius 1 is 1.03 bits per heavy atom. The van der Waals surface area contributed by atoms with Gasteiger partial charge in [-0.05, 0) is 54.1 Å². The standard InChI is InChI=1S/C24H20N2O5/c1-29-20-9-10-22-17(12-20)13-21(24(28)31-22)16-5-7-19(8-6-16)30-15-23(27)26-14-18-4-2-3-11-25-18/h2-13H,14-15H2,1H3,(H,26,27). The molecule has 7 heteroatoms. The van der Waals surface area contributed by atoms with E-state index < -0.39 is 5.63 Å². The van der Waals surface area contributed by atoms with Crippen LogP contribution in [0.25, 0.3) is 22.1 Å². The van der Waals surface area contributed by atoms with Gasteiger partial charge >= 0.3 is 5.63 Å². The fraction of sp³-hybridized carbons (Fsp3) is 0.125. The number of rotatable bonds is 7. The minimum absolute atomic E-state index is 0.121. The molecule has 0 fully saturated rings. The number of benzene rings is 2. The van der Waals surface area contributed by atoms with Crippen LogP contribution in [0.4, 0.5) is 0 Å². The number of carbonyl (C=O) groups is 1. The molecule has 1 N–H and O–H groups in total. The van der Waals surface area contributed by atoms with E-state index in [-0.39, 0.29) is 12.5 Å². The van der Waals surface area contributed by atoms with Gasteiger partial charge in [0.05, 0.1) is 24.9 Å². The Balaban J connectivity index is 1.41. The minimum atomic E-state index is -0.430. The second-order valence-electron chi connectivity index (χ2n) is 6.76. The van der Waals surface area contributed by atoms with Crippen molar-refractivity contribution in [3.63, 3.8) is 0 Å². The number of pyridine rings is 1. The van der Waals surface area contributed by atoms with Gasteiger partial charge in [-0.1, -0.05) is 18.2 Å². The van der Waals surface area contributed by atoms with Gasteiger partial charge in [-0.25, -0.2) is 4.79 Å². The van der Waals surface area contributed by atoms with Gasteiger partial charge < -0.3 is 19.2 Å². The molecular weight excluding hydrogens is 396 g/mol. The summed E-state index contributed by atoms with van der Waals surface area (Å²) in [5, 5.41) is 3.51. The maximum absolute atomic E-state index is 12.4. The summed E-state index contributed by atoms with van der Waals surface area (Å²) in [5.41, 5.74) is 1.95. The maximum atomic E-state index is 12.4. The van der Waals surface area contributed by atoms with E-state index >= 15 is 0 Å². The number of ether oxygens (including phenoxy) is 2. The van der Waals surface area contributed by atoms with Crippen molar-refractivity contribution in [1.82, 2.24) is 10.3 Å². The molecule has 0 aliphatic heterocycles. The molecule has 0 radical (unpaired) electrons. The molecule has 0 spiro atoms. The number of carbonyl (C=O) groups excluding carboxylic acids is 1. The second-order valence-corrected chi connectivity index (χ2v) is 6.76. The molecule has 2 heterocycles. The molecule has 7 nitrogen and oxygen atoms in total. The first-order valence-corrected chi connectivity index (χ1v) is 9.64. The Morgan fingerprint density at radius 3 is 2.58 bits per heavy atom. The molecule has 0 saturated heterocycles. The number of nitrogens with zero attached hydrogens (tertiary/aromatic N) is 1. The minimum Gasteiger partial charge on any atom is -0.497 e. The highest BCUT2D eigenvalue weighted by molar-refractivity contribution is 5.83. The summed E-state index contributed by atoms with van der Waals surface area (Å²) in [7, 11) is 1.58. The molecule has 0 aliphatic rings. The van der Waals surface area contributed by atoms with Crippen LogP contribution in [0, 0.1) is 0 Å². The number of methoxy groups -OCH3 is 1. The zero-order valence-corrected chi connectivity index (χ0v) is 16.8. The van der Waals surface area contributed by atoms with E-state index in [2.05, 4.69) is 10.3 Å². The van der Waals surface area contributed by atoms with Crippen molar-refractivity contribution in [3.05, 3.63) is 89.0 Å². The third-order valence-corrected chi connectivity index (χ3v) is 4.67. The number of hydrogen-bond acceptors (Lipinski definition) is 6. The Hall–Kier alpha value is -4.13. The fourth-order valence-corrected chi connectivity index (χ4v) is 3.05. The number of amides is 1. The van der Waals surface area contributed by atoms with Crippen LogP contribution < -0.4 is 20.4 Å². The summed E-state index contributed by atoms with van der Waals surface area (Å²) >= 11 is 0. The maximum Gasteiger partial charge on any atom is 0.344 e. The summed E-state index contributed by atoms with van der Waals surface area (Å²) in [6, 6.07) is 19.4. The second kappa shape index (κ2) is 9.13. The molecule has 1 amide bonds. The normalized spacial score (nSPS) is 10.6. The summed E-state index contributed by atoms with van der Waals surface area (Å²) in [6.45, 7) is 0.217. The average molecular weight is 416 g/mol. The molecule has 0 unspecified atom stereocenters. The van der Waals surface area contributed by atoms with Crippen LogP contribution in [-0.4, -0.2) is 24.6 Å². The van der Waals surface area contributed by atoms with Crippen molar-refractivity contribution >= 4 is 16.9 Å².